The predicted octanol–water partition coefficient (Wildman–Crippen LogP) is 5.58. The van der Waals surface area contributed by atoms with Gasteiger partial charge in [-0.15, -0.1) is 0 Å². The maximum atomic E-state index is 13.4. The van der Waals surface area contributed by atoms with Gasteiger partial charge in [-0.05, 0) is 47.9 Å². The number of hydrogen-bond acceptors (Lipinski definition) is 4. The number of nitrogens with zero attached hydrogens (tertiary/aromatic N) is 3. The van der Waals surface area contributed by atoms with Crippen molar-refractivity contribution < 1.29 is 4.79 Å². The molecule has 0 aliphatic carbocycles. The Bertz CT molecular complexity index is 1190. The Morgan fingerprint density at radius 1 is 1.03 bits per heavy atom. The van der Waals surface area contributed by atoms with Gasteiger partial charge in [-0.2, -0.15) is 5.26 Å². The lowest BCUT2D eigenvalue weighted by molar-refractivity contribution is 0.0985. The molecule has 0 aliphatic heterocycles. The quantitative estimate of drug-likeness (QED) is 0.442. The van der Waals surface area contributed by atoms with Crippen LogP contribution in [-0.2, 0) is 13.0 Å². The van der Waals surface area contributed by atoms with Crippen LogP contribution < -0.4 is 4.90 Å². The van der Waals surface area contributed by atoms with Crippen molar-refractivity contribution >= 4 is 32.6 Å². The number of para-hydroxylation sites is 1. The van der Waals surface area contributed by atoms with E-state index < -0.39 is 0 Å². The number of hydrogen-bond donors (Lipinski definition) is 0. The van der Waals surface area contributed by atoms with Crippen molar-refractivity contribution in [1.29, 1.82) is 5.26 Å². The van der Waals surface area contributed by atoms with E-state index in [0.29, 0.717) is 22.8 Å². The van der Waals surface area contributed by atoms with Crippen LogP contribution in [0.2, 0.25) is 0 Å². The first kappa shape index (κ1) is 18.9. The minimum absolute atomic E-state index is 0.129. The largest absolute Gasteiger partial charge is 0.279 e. The first-order chi connectivity index (χ1) is 14.2. The highest BCUT2D eigenvalue weighted by molar-refractivity contribution is 7.22. The summed E-state index contributed by atoms with van der Waals surface area (Å²) in [6.45, 7) is 2.54. The van der Waals surface area contributed by atoms with E-state index in [1.807, 2.05) is 42.5 Å². The highest BCUT2D eigenvalue weighted by Crippen LogP contribution is 2.32. The molecule has 1 amide bonds. The summed E-state index contributed by atoms with van der Waals surface area (Å²) >= 11 is 1.53. The topological polar surface area (TPSA) is 57.0 Å². The van der Waals surface area contributed by atoms with Gasteiger partial charge in [0.2, 0.25) is 0 Å². The lowest BCUT2D eigenvalue weighted by atomic mass is 10.1. The Kier molecular flexibility index (Phi) is 5.37. The lowest BCUT2D eigenvalue weighted by Gasteiger charge is -2.20. The van der Waals surface area contributed by atoms with Gasteiger partial charge in [-0.25, -0.2) is 4.98 Å². The van der Waals surface area contributed by atoms with Crippen LogP contribution in [-0.4, -0.2) is 10.9 Å². The van der Waals surface area contributed by atoms with E-state index in [9.17, 15) is 4.79 Å². The highest BCUT2D eigenvalue weighted by Gasteiger charge is 2.22. The molecule has 0 bridgehead atoms. The zero-order valence-corrected chi connectivity index (χ0v) is 16.8. The summed E-state index contributed by atoms with van der Waals surface area (Å²) in [4.78, 5) is 19.9. The van der Waals surface area contributed by atoms with Crippen LogP contribution in [0.25, 0.3) is 10.2 Å². The van der Waals surface area contributed by atoms with Crippen LogP contribution in [0.1, 0.15) is 34.0 Å². The molecule has 0 aliphatic rings. The number of nitriles is 1. The van der Waals surface area contributed by atoms with E-state index in [1.54, 1.807) is 29.2 Å². The monoisotopic (exact) mass is 397 g/mol. The second kappa shape index (κ2) is 8.26. The summed E-state index contributed by atoms with van der Waals surface area (Å²) in [6.07, 6.45) is 0.892. The summed E-state index contributed by atoms with van der Waals surface area (Å²) in [7, 11) is 0. The average Bonchev–Trinajstić information content (AvgIpc) is 3.22. The molecule has 0 radical (unpaired) electrons. The standard InChI is InChI=1S/C24H19N3OS/c1-2-19-9-6-10-21-22(19)26-24(29-21)27(16-18-7-4-3-5-8-18)23(28)20-13-11-17(15-25)12-14-20/h3-14H,2,16H2,1H3. The number of aryl methyl sites for hydroxylation is 1. The molecule has 0 unspecified atom stereocenters. The van der Waals surface area contributed by atoms with Gasteiger partial charge < -0.3 is 0 Å². The molecule has 29 heavy (non-hydrogen) atoms. The second-order valence-electron chi connectivity index (χ2n) is 6.68. The molecule has 0 N–H and O–H groups in total. The molecule has 0 fully saturated rings. The average molecular weight is 398 g/mol. The number of fused-ring (bicyclic) bond motifs is 1. The molecule has 1 heterocycles. The fourth-order valence-corrected chi connectivity index (χ4v) is 4.24. The molecule has 4 rings (SSSR count). The van der Waals surface area contributed by atoms with E-state index in [-0.39, 0.29) is 5.91 Å². The number of aromatic nitrogens is 1. The van der Waals surface area contributed by atoms with Crippen molar-refractivity contribution in [1.82, 2.24) is 4.98 Å². The van der Waals surface area contributed by atoms with Crippen molar-refractivity contribution in [2.45, 2.75) is 19.9 Å². The summed E-state index contributed by atoms with van der Waals surface area (Å²) < 4.78 is 1.07. The first-order valence-corrected chi connectivity index (χ1v) is 10.3. The van der Waals surface area contributed by atoms with Crippen molar-refractivity contribution in [2.24, 2.45) is 0 Å². The van der Waals surface area contributed by atoms with Crippen LogP contribution in [0.15, 0.2) is 72.8 Å². The Hall–Kier alpha value is -3.49. The van der Waals surface area contributed by atoms with E-state index in [0.717, 1.165) is 22.2 Å². The van der Waals surface area contributed by atoms with Gasteiger partial charge in [0.25, 0.3) is 5.91 Å². The molecule has 4 aromatic rings. The van der Waals surface area contributed by atoms with Gasteiger partial charge in [-0.3, -0.25) is 9.69 Å². The zero-order valence-electron chi connectivity index (χ0n) is 16.0. The highest BCUT2D eigenvalue weighted by atomic mass is 32.1. The zero-order chi connectivity index (χ0) is 20.2. The second-order valence-corrected chi connectivity index (χ2v) is 7.69. The van der Waals surface area contributed by atoms with Crippen LogP contribution in [0.4, 0.5) is 5.13 Å². The van der Waals surface area contributed by atoms with E-state index >= 15 is 0 Å². The van der Waals surface area contributed by atoms with Gasteiger partial charge in [0.05, 0.1) is 28.4 Å². The fourth-order valence-electron chi connectivity index (χ4n) is 3.23. The Balaban J connectivity index is 1.77. The van der Waals surface area contributed by atoms with E-state index in [2.05, 4.69) is 19.1 Å². The maximum Gasteiger partial charge on any atom is 0.260 e. The summed E-state index contributed by atoms with van der Waals surface area (Å²) in [6, 6.07) is 24.9. The SMILES string of the molecule is CCc1cccc2sc(N(Cc3ccccc3)C(=O)c3ccc(C#N)cc3)nc12. The predicted molar refractivity (Wildman–Crippen MR) is 117 cm³/mol. The number of amides is 1. The first-order valence-electron chi connectivity index (χ1n) is 9.44. The number of carbonyl (C=O) groups excluding carboxylic acids is 1. The Labute approximate surface area is 173 Å². The molecule has 5 heteroatoms. The van der Waals surface area contributed by atoms with Crippen molar-refractivity contribution in [3.63, 3.8) is 0 Å². The number of carbonyl (C=O) groups is 1. The third-order valence-corrected chi connectivity index (χ3v) is 5.84. The minimum Gasteiger partial charge on any atom is -0.279 e. The number of benzene rings is 3. The van der Waals surface area contributed by atoms with E-state index in [4.69, 9.17) is 10.2 Å². The minimum atomic E-state index is -0.129. The van der Waals surface area contributed by atoms with Crippen LogP contribution in [0.5, 0.6) is 0 Å². The molecule has 0 atom stereocenters. The third-order valence-electron chi connectivity index (χ3n) is 4.79. The van der Waals surface area contributed by atoms with Crippen LogP contribution >= 0.6 is 11.3 Å². The molecule has 0 saturated carbocycles. The van der Waals surface area contributed by atoms with Crippen LogP contribution in [0, 0.1) is 11.3 Å². The van der Waals surface area contributed by atoms with Gasteiger partial charge in [-0.1, -0.05) is 60.7 Å². The summed E-state index contributed by atoms with van der Waals surface area (Å²) in [5.41, 5.74) is 4.24. The number of rotatable bonds is 5. The van der Waals surface area contributed by atoms with Gasteiger partial charge in [0, 0.05) is 5.56 Å². The lowest BCUT2D eigenvalue weighted by Crippen LogP contribution is -2.30. The fraction of sp³-hybridized carbons (Fsp3) is 0.125. The van der Waals surface area contributed by atoms with Gasteiger partial charge in [0.15, 0.2) is 5.13 Å². The Morgan fingerprint density at radius 2 is 1.79 bits per heavy atom. The molecular formula is C24H19N3OS. The van der Waals surface area contributed by atoms with Gasteiger partial charge in [0.1, 0.15) is 0 Å². The molecular weight excluding hydrogens is 378 g/mol. The van der Waals surface area contributed by atoms with Crippen molar-refractivity contribution in [3.05, 3.63) is 95.1 Å². The van der Waals surface area contributed by atoms with Crippen molar-refractivity contribution in [2.75, 3.05) is 4.90 Å². The summed E-state index contributed by atoms with van der Waals surface area (Å²) in [5.74, 6) is -0.129. The molecule has 0 saturated heterocycles. The molecule has 142 valence electrons. The molecule has 0 spiro atoms. The third kappa shape index (κ3) is 3.89. The normalized spacial score (nSPS) is 10.6. The smallest absolute Gasteiger partial charge is 0.260 e. The number of anilines is 1. The van der Waals surface area contributed by atoms with E-state index in [1.165, 1.54) is 16.9 Å². The Morgan fingerprint density at radius 3 is 2.48 bits per heavy atom. The van der Waals surface area contributed by atoms with Gasteiger partial charge >= 0.3 is 0 Å². The molecule has 4 nitrogen and oxygen atoms in total. The maximum absolute atomic E-state index is 13.4. The molecule has 3 aromatic carbocycles. The summed E-state index contributed by atoms with van der Waals surface area (Å²) in [5, 5.41) is 9.71. The van der Waals surface area contributed by atoms with Crippen LogP contribution in [0.3, 0.4) is 0 Å². The number of thiazole rings is 1. The molecule has 1 aromatic heterocycles. The van der Waals surface area contributed by atoms with Crippen molar-refractivity contribution in [3.8, 4) is 6.07 Å².